The highest BCUT2D eigenvalue weighted by atomic mass is 32.2. The zero-order valence-corrected chi connectivity index (χ0v) is 15.4. The maximum atomic E-state index is 12.8. The number of nitrogens with one attached hydrogen (secondary N) is 2. The molecule has 1 aliphatic heterocycles. The van der Waals surface area contributed by atoms with E-state index in [0.717, 1.165) is 48.9 Å². The van der Waals surface area contributed by atoms with Crippen molar-refractivity contribution in [2.45, 2.75) is 49.8 Å². The van der Waals surface area contributed by atoms with Gasteiger partial charge in [0.05, 0.1) is 4.90 Å². The largest absolute Gasteiger partial charge is 0.326 e. The van der Waals surface area contributed by atoms with Gasteiger partial charge < -0.3 is 5.32 Å². The highest BCUT2D eigenvalue weighted by Crippen LogP contribution is 2.28. The number of hydrogen-bond donors (Lipinski definition) is 2. The lowest BCUT2D eigenvalue weighted by Crippen LogP contribution is -2.15. The Morgan fingerprint density at radius 1 is 0.808 bits per heavy atom. The second-order valence-corrected chi connectivity index (χ2v) is 8.70. The van der Waals surface area contributed by atoms with E-state index < -0.39 is 10.0 Å². The van der Waals surface area contributed by atoms with Crippen LogP contribution in [0.1, 0.15) is 42.4 Å². The highest BCUT2D eigenvalue weighted by Gasteiger charge is 2.19. The van der Waals surface area contributed by atoms with Gasteiger partial charge in [-0.05, 0) is 85.5 Å². The van der Waals surface area contributed by atoms with Gasteiger partial charge in [0.25, 0.3) is 10.0 Å². The molecular formula is C20H22N2O3S. The van der Waals surface area contributed by atoms with Crippen molar-refractivity contribution < 1.29 is 13.2 Å². The zero-order valence-electron chi connectivity index (χ0n) is 14.5. The van der Waals surface area contributed by atoms with Crippen molar-refractivity contribution in [3.8, 4) is 0 Å². The van der Waals surface area contributed by atoms with Gasteiger partial charge in [-0.15, -0.1) is 0 Å². The molecule has 0 saturated carbocycles. The van der Waals surface area contributed by atoms with Crippen molar-refractivity contribution in [3.05, 3.63) is 53.1 Å². The molecule has 2 aromatic rings. The Balaban J connectivity index is 1.60. The summed E-state index contributed by atoms with van der Waals surface area (Å²) in [6, 6.07) is 10.7. The number of sulfonamides is 1. The van der Waals surface area contributed by atoms with Gasteiger partial charge >= 0.3 is 0 Å². The summed E-state index contributed by atoms with van der Waals surface area (Å²) < 4.78 is 28.3. The van der Waals surface area contributed by atoms with Gasteiger partial charge in [-0.1, -0.05) is 6.07 Å². The number of hydrogen-bond acceptors (Lipinski definition) is 3. The molecule has 0 bridgehead atoms. The molecule has 1 aliphatic carbocycles. The third kappa shape index (κ3) is 3.46. The van der Waals surface area contributed by atoms with Crippen LogP contribution in [0, 0.1) is 0 Å². The summed E-state index contributed by atoms with van der Waals surface area (Å²) in [7, 11) is -3.63. The third-order valence-electron chi connectivity index (χ3n) is 5.11. The average molecular weight is 370 g/mol. The fraction of sp³-hybridized carbons (Fsp3) is 0.350. The number of carbonyl (C=O) groups is 1. The van der Waals surface area contributed by atoms with Crippen molar-refractivity contribution in [1.82, 2.24) is 0 Å². The van der Waals surface area contributed by atoms with Crippen LogP contribution in [-0.2, 0) is 34.1 Å². The number of fused-ring (bicyclic) bond motifs is 2. The van der Waals surface area contributed by atoms with Crippen LogP contribution in [0.4, 0.5) is 11.4 Å². The predicted molar refractivity (Wildman–Crippen MR) is 102 cm³/mol. The third-order valence-corrected chi connectivity index (χ3v) is 6.49. The maximum Gasteiger partial charge on any atom is 0.261 e. The van der Waals surface area contributed by atoms with E-state index in [1.807, 2.05) is 12.1 Å². The normalized spacial score (nSPS) is 16.8. The molecule has 0 spiro atoms. The first kappa shape index (κ1) is 17.1. The summed E-state index contributed by atoms with van der Waals surface area (Å²) in [5.41, 5.74) is 4.66. The Bertz CT molecular complexity index is 967. The van der Waals surface area contributed by atoms with Crippen molar-refractivity contribution in [2.75, 3.05) is 10.0 Å². The summed E-state index contributed by atoms with van der Waals surface area (Å²) in [6.07, 6.45) is 6.26. The smallest absolute Gasteiger partial charge is 0.261 e. The second-order valence-electron chi connectivity index (χ2n) is 7.02. The van der Waals surface area contributed by atoms with Gasteiger partial charge in [-0.2, -0.15) is 0 Å². The first-order valence-electron chi connectivity index (χ1n) is 9.09. The molecule has 2 aromatic carbocycles. The Labute approximate surface area is 153 Å². The van der Waals surface area contributed by atoms with Gasteiger partial charge in [0.15, 0.2) is 0 Å². The Hall–Kier alpha value is -2.34. The minimum Gasteiger partial charge on any atom is -0.326 e. The van der Waals surface area contributed by atoms with Crippen LogP contribution in [0.3, 0.4) is 0 Å². The standard InChI is InChI=1S/C20H22N2O3S/c23-20-7-3-6-16-12-17(9-11-19(16)21-20)22-26(24,25)18-10-8-14-4-1-2-5-15(14)13-18/h8-13,22H,1-7H2,(H,21,23). The van der Waals surface area contributed by atoms with Gasteiger partial charge in [-0.25, -0.2) is 8.42 Å². The molecule has 1 amide bonds. The number of benzene rings is 2. The SMILES string of the molecule is O=C1CCCc2cc(NS(=O)(=O)c3ccc4c(c3)CCCC4)ccc2N1. The van der Waals surface area contributed by atoms with E-state index in [2.05, 4.69) is 10.0 Å². The van der Waals surface area contributed by atoms with Gasteiger partial charge in [0.1, 0.15) is 0 Å². The molecule has 26 heavy (non-hydrogen) atoms. The Kier molecular flexibility index (Phi) is 4.44. The topological polar surface area (TPSA) is 75.3 Å². The molecule has 1 heterocycles. The first-order chi connectivity index (χ1) is 12.5. The van der Waals surface area contributed by atoms with Gasteiger partial charge in [0, 0.05) is 17.8 Å². The average Bonchev–Trinajstić information content (AvgIpc) is 2.81. The molecule has 0 radical (unpaired) electrons. The molecule has 0 saturated heterocycles. The number of rotatable bonds is 3. The molecule has 6 heteroatoms. The van der Waals surface area contributed by atoms with Crippen molar-refractivity contribution in [1.29, 1.82) is 0 Å². The van der Waals surface area contributed by atoms with Gasteiger partial charge in [0.2, 0.25) is 5.91 Å². The summed E-state index contributed by atoms with van der Waals surface area (Å²) in [4.78, 5) is 11.9. The van der Waals surface area contributed by atoms with E-state index in [-0.39, 0.29) is 5.91 Å². The summed E-state index contributed by atoms with van der Waals surface area (Å²) in [5.74, 6) is 0.00569. The molecule has 2 N–H and O–H groups in total. The molecule has 5 nitrogen and oxygen atoms in total. The van der Waals surface area contributed by atoms with Crippen LogP contribution < -0.4 is 10.0 Å². The van der Waals surface area contributed by atoms with Crippen LogP contribution in [0.2, 0.25) is 0 Å². The van der Waals surface area contributed by atoms with Crippen molar-refractivity contribution >= 4 is 27.3 Å². The van der Waals surface area contributed by atoms with E-state index in [9.17, 15) is 13.2 Å². The van der Waals surface area contributed by atoms with E-state index in [0.29, 0.717) is 17.0 Å². The fourth-order valence-corrected chi connectivity index (χ4v) is 4.83. The molecule has 0 unspecified atom stereocenters. The van der Waals surface area contributed by atoms with Crippen LogP contribution in [-0.4, -0.2) is 14.3 Å². The van der Waals surface area contributed by atoms with Gasteiger partial charge in [-0.3, -0.25) is 9.52 Å². The van der Waals surface area contributed by atoms with E-state index in [4.69, 9.17) is 0 Å². The van der Waals surface area contributed by atoms with Crippen LogP contribution in [0.25, 0.3) is 0 Å². The number of carbonyl (C=O) groups excluding carboxylic acids is 1. The molecule has 4 rings (SSSR count). The van der Waals surface area contributed by atoms with Crippen LogP contribution in [0.5, 0.6) is 0 Å². The number of aryl methyl sites for hydroxylation is 3. The lowest BCUT2D eigenvalue weighted by molar-refractivity contribution is -0.116. The van der Waals surface area contributed by atoms with E-state index in [1.165, 1.54) is 12.0 Å². The Morgan fingerprint density at radius 2 is 1.58 bits per heavy atom. The minimum atomic E-state index is -3.63. The minimum absolute atomic E-state index is 0.00569. The Morgan fingerprint density at radius 3 is 2.42 bits per heavy atom. The summed E-state index contributed by atoms with van der Waals surface area (Å²) in [5, 5.41) is 2.86. The van der Waals surface area contributed by atoms with Crippen LogP contribution >= 0.6 is 0 Å². The number of anilines is 2. The molecule has 0 atom stereocenters. The molecule has 0 fully saturated rings. The lowest BCUT2D eigenvalue weighted by Gasteiger charge is -2.17. The second kappa shape index (κ2) is 6.76. The van der Waals surface area contributed by atoms with Crippen molar-refractivity contribution in [3.63, 3.8) is 0 Å². The molecule has 0 aromatic heterocycles. The quantitative estimate of drug-likeness (QED) is 0.866. The number of amides is 1. The predicted octanol–water partition coefficient (Wildman–Crippen LogP) is 3.64. The summed E-state index contributed by atoms with van der Waals surface area (Å²) >= 11 is 0. The van der Waals surface area contributed by atoms with Crippen LogP contribution in [0.15, 0.2) is 41.3 Å². The van der Waals surface area contributed by atoms with Crippen molar-refractivity contribution in [2.24, 2.45) is 0 Å². The first-order valence-corrected chi connectivity index (χ1v) is 10.6. The van der Waals surface area contributed by atoms with E-state index >= 15 is 0 Å². The highest BCUT2D eigenvalue weighted by molar-refractivity contribution is 7.92. The fourth-order valence-electron chi connectivity index (χ4n) is 3.73. The van der Waals surface area contributed by atoms with E-state index in [1.54, 1.807) is 24.3 Å². The summed E-state index contributed by atoms with van der Waals surface area (Å²) in [6.45, 7) is 0. The maximum absolute atomic E-state index is 12.8. The molecule has 136 valence electrons. The molecule has 2 aliphatic rings. The molecular weight excluding hydrogens is 348 g/mol. The lowest BCUT2D eigenvalue weighted by atomic mass is 9.92. The monoisotopic (exact) mass is 370 g/mol. The zero-order chi connectivity index (χ0) is 18.1.